The number of aromatic amines is 1. The Labute approximate surface area is 236 Å². The van der Waals surface area contributed by atoms with Crippen LogP contribution < -0.4 is 10.8 Å². The van der Waals surface area contributed by atoms with Gasteiger partial charge in [0.25, 0.3) is 0 Å². The van der Waals surface area contributed by atoms with Gasteiger partial charge in [0.15, 0.2) is 5.49 Å². The Hall–Kier alpha value is -3.30. The maximum absolute atomic E-state index is 12.2. The largest absolute Gasteiger partial charge is 0.378 e. The van der Waals surface area contributed by atoms with Crippen LogP contribution in [0.25, 0.3) is 22.3 Å². The van der Waals surface area contributed by atoms with Crippen molar-refractivity contribution >= 4 is 23.7 Å². The van der Waals surface area contributed by atoms with Crippen LogP contribution in [0.5, 0.6) is 0 Å². The molecule has 3 aromatic heterocycles. The second kappa shape index (κ2) is 11.7. The third-order valence-corrected chi connectivity index (χ3v) is 8.96. The van der Waals surface area contributed by atoms with E-state index in [0.717, 1.165) is 72.2 Å². The minimum atomic E-state index is 0.0733. The van der Waals surface area contributed by atoms with Crippen LogP contribution in [0.2, 0.25) is 0 Å². The lowest BCUT2D eigenvalue weighted by atomic mass is 9.82. The molecule has 1 saturated carbocycles. The number of nitrogens with one attached hydrogen (secondary N) is 2. The van der Waals surface area contributed by atoms with Crippen molar-refractivity contribution in [1.29, 1.82) is 0 Å². The first-order valence-corrected chi connectivity index (χ1v) is 14.5. The van der Waals surface area contributed by atoms with Crippen molar-refractivity contribution in [3.8, 4) is 11.3 Å². The summed E-state index contributed by atoms with van der Waals surface area (Å²) >= 11 is 0. The first-order chi connectivity index (χ1) is 19.3. The van der Waals surface area contributed by atoms with Crippen LogP contribution in [0.15, 0.2) is 28.4 Å². The third kappa shape index (κ3) is 5.12. The highest BCUT2D eigenvalue weighted by Crippen LogP contribution is 2.39. The van der Waals surface area contributed by atoms with E-state index in [-0.39, 0.29) is 11.8 Å². The lowest BCUT2D eigenvalue weighted by molar-refractivity contribution is -0.129. The molecule has 214 valence electrons. The van der Waals surface area contributed by atoms with E-state index >= 15 is 0 Å². The molecule has 0 spiro atoms. The topological polar surface area (TPSA) is 99.9 Å². The van der Waals surface area contributed by atoms with Crippen molar-refractivity contribution in [3.05, 3.63) is 46.2 Å². The van der Waals surface area contributed by atoms with Gasteiger partial charge in [-0.15, -0.1) is 0 Å². The quantitative estimate of drug-likeness (QED) is 0.414. The molecule has 9 nitrogen and oxygen atoms in total. The fourth-order valence-electron chi connectivity index (χ4n) is 6.47. The van der Waals surface area contributed by atoms with Crippen LogP contribution in [0.3, 0.4) is 0 Å². The van der Waals surface area contributed by atoms with Crippen molar-refractivity contribution in [2.45, 2.75) is 77.3 Å². The number of ether oxygens (including phenoxy) is 1. The van der Waals surface area contributed by atoms with Crippen molar-refractivity contribution in [2.24, 2.45) is 10.1 Å². The van der Waals surface area contributed by atoms with Gasteiger partial charge in [-0.25, -0.2) is 4.68 Å². The predicted octanol–water partition coefficient (Wildman–Crippen LogP) is 4.24. The Balaban J connectivity index is 1.45. The number of aromatic nitrogens is 3. The van der Waals surface area contributed by atoms with Crippen molar-refractivity contribution in [2.75, 3.05) is 33.9 Å². The zero-order valence-corrected chi connectivity index (χ0v) is 24.8. The number of hydrogen-bond acceptors (Lipinski definition) is 6. The lowest BCUT2D eigenvalue weighted by Gasteiger charge is -2.44. The summed E-state index contributed by atoms with van der Waals surface area (Å²) in [5.41, 5.74) is 9.76. The van der Waals surface area contributed by atoms with E-state index in [9.17, 15) is 4.79 Å². The number of likely N-dealkylation sites (N-methyl/N-ethyl adjacent to an activating group) is 1. The first-order valence-electron chi connectivity index (χ1n) is 14.5. The van der Waals surface area contributed by atoms with Crippen LogP contribution in [-0.4, -0.2) is 78.1 Å². The Morgan fingerprint density at radius 2 is 1.93 bits per heavy atom. The summed E-state index contributed by atoms with van der Waals surface area (Å²) in [4.78, 5) is 28.0. The van der Waals surface area contributed by atoms with Gasteiger partial charge in [-0.05, 0) is 68.7 Å². The molecule has 1 saturated heterocycles. The van der Waals surface area contributed by atoms with Crippen molar-refractivity contribution in [3.63, 3.8) is 0 Å². The predicted molar refractivity (Wildman–Crippen MR) is 160 cm³/mol. The second-order valence-corrected chi connectivity index (χ2v) is 11.6. The maximum Gasteiger partial charge on any atom is 0.233 e. The Morgan fingerprint density at radius 1 is 1.20 bits per heavy atom. The van der Waals surface area contributed by atoms with Gasteiger partial charge in [0.05, 0.1) is 42.5 Å². The number of nitrogens with zero attached hydrogens (tertiary/aromatic N) is 5. The van der Waals surface area contributed by atoms with Gasteiger partial charge < -0.3 is 15.0 Å². The highest BCUT2D eigenvalue weighted by molar-refractivity contribution is 5.89. The minimum absolute atomic E-state index is 0.0733. The highest BCUT2D eigenvalue weighted by atomic mass is 16.5. The van der Waals surface area contributed by atoms with E-state index in [2.05, 4.69) is 71.8 Å². The molecule has 40 heavy (non-hydrogen) atoms. The monoisotopic (exact) mass is 545 g/mol. The average molecular weight is 546 g/mol. The first kappa shape index (κ1) is 28.2. The van der Waals surface area contributed by atoms with E-state index in [1.54, 1.807) is 18.8 Å². The Kier molecular flexibility index (Phi) is 8.24. The minimum Gasteiger partial charge on any atom is -0.378 e. The summed E-state index contributed by atoms with van der Waals surface area (Å²) in [6.07, 6.45) is 6.29. The Bertz CT molecular complexity index is 1470. The summed E-state index contributed by atoms with van der Waals surface area (Å²) in [6, 6.07) is 5.15. The molecule has 0 bridgehead atoms. The molecule has 9 heteroatoms. The highest BCUT2D eigenvalue weighted by Gasteiger charge is 2.35. The summed E-state index contributed by atoms with van der Waals surface area (Å²) in [5.74, 6) is 0.773. The van der Waals surface area contributed by atoms with Gasteiger partial charge in [0, 0.05) is 55.8 Å². The molecular weight excluding hydrogens is 502 g/mol. The van der Waals surface area contributed by atoms with Gasteiger partial charge in [-0.3, -0.25) is 19.7 Å². The smallest absolute Gasteiger partial charge is 0.233 e. The maximum atomic E-state index is 12.2. The van der Waals surface area contributed by atoms with Crippen LogP contribution in [-0.2, 0) is 9.53 Å². The molecule has 2 aliphatic rings. The molecule has 0 atom stereocenters. The molecule has 5 rings (SSSR count). The summed E-state index contributed by atoms with van der Waals surface area (Å²) in [5, 5.41) is 6.99. The standard InChI is InChI=1S/C31H43N7O2/c1-18(2)28-29(24-14-38(34-7)31(33-6)20(4)19(24)3)36-26-13-12-25(35-30(26)28)21-8-10-22(11-9-21)37(15-27(39)32-5)23-16-40-17-23/h12-14,18,21-23,36H,7-11,15-17H2,1-6H3,(H,32,39)/b33-31-. The fraction of sp³-hybridized carbons (Fsp3) is 0.548. The number of rotatable bonds is 8. The van der Waals surface area contributed by atoms with Crippen molar-refractivity contribution < 1.29 is 9.53 Å². The van der Waals surface area contributed by atoms with E-state index in [0.29, 0.717) is 24.5 Å². The SMILES string of the molecule is C=Nn1cc(-c2[nH]c3ccc(C4CCC(N(CC(=O)NC)C5COC5)CC4)nc3c2C(C)C)c(C)c(C)/c1=N/C. The molecule has 0 radical (unpaired) electrons. The van der Waals surface area contributed by atoms with E-state index < -0.39 is 0 Å². The van der Waals surface area contributed by atoms with Gasteiger partial charge >= 0.3 is 0 Å². The Morgan fingerprint density at radius 3 is 2.50 bits per heavy atom. The molecule has 0 unspecified atom stereocenters. The van der Waals surface area contributed by atoms with Crippen molar-refractivity contribution in [1.82, 2.24) is 24.9 Å². The number of pyridine rings is 2. The van der Waals surface area contributed by atoms with Crippen LogP contribution in [0.1, 0.15) is 73.8 Å². The van der Waals surface area contributed by atoms with Gasteiger partial charge in [0.2, 0.25) is 5.91 Å². The molecule has 0 aromatic carbocycles. The van der Waals surface area contributed by atoms with E-state index in [1.807, 2.05) is 6.20 Å². The normalized spacial score (nSPS) is 20.4. The molecule has 2 fully saturated rings. The van der Waals surface area contributed by atoms with Crippen LogP contribution in [0, 0.1) is 13.8 Å². The van der Waals surface area contributed by atoms with Crippen LogP contribution >= 0.6 is 0 Å². The average Bonchev–Trinajstić information content (AvgIpc) is 3.31. The molecule has 4 heterocycles. The lowest BCUT2D eigenvalue weighted by Crippen LogP contribution is -2.56. The summed E-state index contributed by atoms with van der Waals surface area (Å²) < 4.78 is 7.21. The molecule has 2 N–H and O–H groups in total. The molecule has 1 aliphatic carbocycles. The van der Waals surface area contributed by atoms with Gasteiger partial charge in [-0.1, -0.05) is 13.8 Å². The molecule has 1 aliphatic heterocycles. The number of carbonyl (C=O) groups is 1. The molecule has 3 aromatic rings. The summed E-state index contributed by atoms with van der Waals surface area (Å²) in [6.45, 7) is 14.3. The number of hydrogen-bond donors (Lipinski definition) is 2. The zero-order valence-electron chi connectivity index (χ0n) is 24.8. The fourth-order valence-corrected chi connectivity index (χ4v) is 6.47. The third-order valence-electron chi connectivity index (χ3n) is 8.96. The van der Waals surface area contributed by atoms with E-state index in [4.69, 9.17) is 9.72 Å². The molecule has 1 amide bonds. The number of carbonyl (C=O) groups excluding carboxylic acids is 1. The van der Waals surface area contributed by atoms with Gasteiger partial charge in [-0.2, -0.15) is 5.10 Å². The van der Waals surface area contributed by atoms with Crippen LogP contribution in [0.4, 0.5) is 0 Å². The second-order valence-electron chi connectivity index (χ2n) is 11.6. The summed E-state index contributed by atoms with van der Waals surface area (Å²) in [7, 11) is 3.49. The number of amides is 1. The molecular formula is C31H43N7O2. The zero-order chi connectivity index (χ0) is 28.6. The number of fused-ring (bicyclic) bond motifs is 1. The van der Waals surface area contributed by atoms with Gasteiger partial charge in [0.1, 0.15) is 0 Å². The van der Waals surface area contributed by atoms with E-state index in [1.165, 1.54) is 16.8 Å². The number of H-pyrrole nitrogens is 1.